The fourth-order valence-corrected chi connectivity index (χ4v) is 18.3. The van der Waals surface area contributed by atoms with E-state index in [2.05, 4.69) is 33.8 Å². The smallest absolute Gasteiger partial charge is 0.335 e. The van der Waals surface area contributed by atoms with Gasteiger partial charge in [0, 0.05) is 6.92 Å². The van der Waals surface area contributed by atoms with Crippen molar-refractivity contribution in [2.75, 3.05) is 13.2 Å². The maximum atomic E-state index is 16.1. The number of hydrogen-bond donors (Lipinski definition) is 16. The van der Waals surface area contributed by atoms with Crippen molar-refractivity contribution in [3.05, 3.63) is 11.6 Å². The van der Waals surface area contributed by atoms with Gasteiger partial charge in [0.1, 0.15) is 97.7 Å². The number of carboxylic acid groups (broad SMARTS) is 2. The largest absolute Gasteiger partial charge is 0.481 e. The molecule has 10 aliphatic rings. The van der Waals surface area contributed by atoms with Crippen LogP contribution in [0.4, 0.5) is 0 Å². The van der Waals surface area contributed by atoms with Crippen molar-refractivity contribution in [3.8, 4) is 0 Å². The number of ether oxygens (including phenoxy) is 11. The summed E-state index contributed by atoms with van der Waals surface area (Å²) >= 11 is 0. The third kappa shape index (κ3) is 12.1. The Bertz CT molecular complexity index is 2750. The molecule has 0 aromatic heterocycles. The number of hydrogen-bond acceptors (Lipinski definition) is 29. The third-order valence-electron chi connectivity index (χ3n) is 23.8. The number of esters is 2. The van der Waals surface area contributed by atoms with E-state index >= 15 is 4.79 Å². The number of carboxylic acids is 2. The molecule has 93 heavy (non-hydrogen) atoms. The molecule has 0 spiro atoms. The molecule has 0 aromatic carbocycles. The second-order valence-electron chi connectivity index (χ2n) is 29.6. The maximum Gasteiger partial charge on any atom is 0.335 e. The summed E-state index contributed by atoms with van der Waals surface area (Å²) in [7, 11) is 0. The molecule has 4 saturated carbocycles. The predicted octanol–water partition coefficient (Wildman–Crippen LogP) is -3.46. The van der Waals surface area contributed by atoms with E-state index in [-0.39, 0.29) is 37.0 Å². The topological polar surface area (TPSA) is 493 Å². The molecule has 9 fully saturated rings. The molecule has 31 nitrogen and oxygen atoms in total. The molecule has 5 heterocycles. The van der Waals surface area contributed by atoms with E-state index in [9.17, 15) is 96.1 Å². The highest BCUT2D eigenvalue weighted by Gasteiger charge is 2.73. The number of carbonyl (C=O) groups excluding carboxylic acids is 2. The van der Waals surface area contributed by atoms with Gasteiger partial charge in [0.15, 0.2) is 43.5 Å². The van der Waals surface area contributed by atoms with Crippen LogP contribution in [-0.2, 0) is 71.3 Å². The Morgan fingerprint density at radius 2 is 1.05 bits per heavy atom. The lowest BCUT2D eigenvalue weighted by Gasteiger charge is -2.71. The second-order valence-corrected chi connectivity index (χ2v) is 29.6. The van der Waals surface area contributed by atoms with Crippen molar-refractivity contribution in [3.63, 3.8) is 0 Å². The minimum Gasteiger partial charge on any atom is -0.481 e. The maximum absolute atomic E-state index is 16.1. The van der Waals surface area contributed by atoms with Crippen molar-refractivity contribution in [2.24, 2.45) is 50.2 Å². The molecule has 0 bridgehead atoms. The molecule has 5 aliphatic carbocycles. The van der Waals surface area contributed by atoms with Crippen LogP contribution in [0.2, 0.25) is 0 Å². The van der Waals surface area contributed by atoms with Gasteiger partial charge in [-0.3, -0.25) is 14.4 Å². The first-order valence-electron chi connectivity index (χ1n) is 32.2. The summed E-state index contributed by atoms with van der Waals surface area (Å²) in [5.74, 6) is -6.22. The molecule has 5 saturated heterocycles. The summed E-state index contributed by atoms with van der Waals surface area (Å²) in [4.78, 5) is 55.0. The van der Waals surface area contributed by atoms with Gasteiger partial charge < -0.3 is 134 Å². The molecule has 10 rings (SSSR count). The lowest BCUT2D eigenvalue weighted by atomic mass is 9.33. The van der Waals surface area contributed by atoms with Gasteiger partial charge in [-0.05, 0) is 118 Å². The summed E-state index contributed by atoms with van der Waals surface area (Å²) in [6.07, 6.45) is -44.2. The Labute approximate surface area is 536 Å². The summed E-state index contributed by atoms with van der Waals surface area (Å²) in [6.45, 7) is 14.0. The Morgan fingerprint density at radius 1 is 0.527 bits per heavy atom. The molecular weight excluding hydrogens is 1240 g/mol. The zero-order valence-electron chi connectivity index (χ0n) is 53.5. The van der Waals surface area contributed by atoms with Crippen LogP contribution >= 0.6 is 0 Å². The van der Waals surface area contributed by atoms with Gasteiger partial charge in [-0.25, -0.2) is 4.79 Å². The monoisotopic (exact) mass is 1340 g/mol. The number of aliphatic hydroxyl groups excluding tert-OH is 14. The van der Waals surface area contributed by atoms with Crippen molar-refractivity contribution in [1.82, 2.24) is 0 Å². The van der Waals surface area contributed by atoms with E-state index in [0.29, 0.717) is 32.1 Å². The first kappa shape index (κ1) is 72.4. The summed E-state index contributed by atoms with van der Waals surface area (Å²) in [5.41, 5.74) is -4.87. The minimum absolute atomic E-state index is 0.00933. The lowest BCUT2D eigenvalue weighted by molar-refractivity contribution is -0.394. The van der Waals surface area contributed by atoms with Crippen LogP contribution in [0.15, 0.2) is 11.6 Å². The standard InChI is InChI=1S/C62H96O31/c1-22-32(67)44(88-50-39(74)35(70)33(68)28(20-63)86-50)42(77)53(83-22)91-47-46(90-51-40(75)36(71)34(69)29(21-64)87-51)43(85-24(3)65)23(2)84-54(47)93-56(82)62-16-14-57(4,5)18-26(62)25-10-11-30-58(6)19-27(66)48(92-52-41(76)37(72)38(73)45(89-52)49(78)79)61(9,55(80)81)31(58)12-13-60(30,8)59(25,7)15-17-62/h10,22-23,26-48,50-54,63-64,66-77H,11-21H2,1-9H3,(H,78,79)(H,80,81)/t22-,23+,26-,27-,28+,29+,30?,31?,32-,33+,34+,35-,36-,37-,38-,39+,40+,41+,42+,43-,44+,45-,46-,47+,48-,50-,51-,52-,53-,54-,58+,59+,60+,61-,62-/m1/s1. The molecule has 16 N–H and O–H groups in total. The molecule has 0 amide bonds. The Balaban J connectivity index is 0.986. The average molecular weight is 1340 g/mol. The number of fused-ring (bicyclic) bond motifs is 7. The first-order valence-corrected chi connectivity index (χ1v) is 32.2. The molecule has 31 heteroatoms. The molecular formula is C62H96O31. The van der Waals surface area contributed by atoms with E-state index in [4.69, 9.17) is 52.1 Å². The third-order valence-corrected chi connectivity index (χ3v) is 23.8. The highest BCUT2D eigenvalue weighted by Crippen LogP contribution is 2.76. The molecule has 530 valence electrons. The SMILES string of the molecule is CC(=O)O[C@H]1[C@@H](O[C@H]2O[C@@H](CO)[C@H](O)[C@@H](O)[C@@H]2O)[C@H](O[C@H]2O[C@H](C)[C@@H](O)[C@H](O[C@H]3O[C@@H](CO)[C@H](O)[C@@H](O)[C@@H]3O)[C@@H]2O)[C@@H](OC(=O)[C@@]23CCC(C)(C)C[C@@H]2C2=CCC4[C@]5(C)C[C@@H](O)[C@@H](O[C@H]6O[C@@H](C(=O)O)[C@H](O)[C@@H](O)[C@@H]6O)[C@](C)(C(=O)O)C5CC[C@]4(C)[C@@]2(C)CC3)O[C@H]1C. The second kappa shape index (κ2) is 26.4. The molecule has 0 aromatic rings. The summed E-state index contributed by atoms with van der Waals surface area (Å²) in [5, 5.41) is 174. The number of rotatable bonds is 15. The van der Waals surface area contributed by atoms with Gasteiger partial charge in [0.25, 0.3) is 0 Å². The van der Waals surface area contributed by atoms with Gasteiger partial charge in [0.05, 0.1) is 42.4 Å². The van der Waals surface area contributed by atoms with Crippen LogP contribution in [-0.4, -0.2) is 285 Å². The van der Waals surface area contributed by atoms with E-state index < -0.39 is 242 Å². The van der Waals surface area contributed by atoms with E-state index in [1.54, 1.807) is 0 Å². The van der Waals surface area contributed by atoms with E-state index in [1.807, 2.05) is 6.92 Å². The van der Waals surface area contributed by atoms with Crippen LogP contribution in [0.25, 0.3) is 0 Å². The Kier molecular flexibility index (Phi) is 20.6. The van der Waals surface area contributed by atoms with Crippen molar-refractivity contribution in [1.29, 1.82) is 0 Å². The molecule has 2 unspecified atom stereocenters. The lowest BCUT2D eigenvalue weighted by Crippen LogP contribution is -2.70. The number of allylic oxidation sites excluding steroid dienone is 2. The normalized spacial score (nSPS) is 53.0. The quantitative estimate of drug-likeness (QED) is 0.0431. The molecule has 5 aliphatic heterocycles. The highest BCUT2D eigenvalue weighted by atomic mass is 16.8. The number of aliphatic carboxylic acids is 2. The molecule has 35 atom stereocenters. The average Bonchev–Trinajstić information content (AvgIpc) is 0.673. The van der Waals surface area contributed by atoms with Crippen LogP contribution in [0.3, 0.4) is 0 Å². The molecule has 0 radical (unpaired) electrons. The summed E-state index contributed by atoms with van der Waals surface area (Å²) < 4.78 is 66.8. The highest BCUT2D eigenvalue weighted by molar-refractivity contribution is 5.79. The van der Waals surface area contributed by atoms with Crippen LogP contribution in [0.1, 0.15) is 120 Å². The fourth-order valence-electron chi connectivity index (χ4n) is 18.3. The van der Waals surface area contributed by atoms with Crippen LogP contribution in [0.5, 0.6) is 0 Å². The summed E-state index contributed by atoms with van der Waals surface area (Å²) in [6, 6.07) is 0. The van der Waals surface area contributed by atoms with Gasteiger partial charge in [-0.2, -0.15) is 0 Å². The van der Waals surface area contributed by atoms with Gasteiger partial charge in [-0.15, -0.1) is 0 Å². The van der Waals surface area contributed by atoms with Gasteiger partial charge in [-0.1, -0.05) is 46.3 Å². The van der Waals surface area contributed by atoms with E-state index in [1.165, 1.54) is 20.8 Å². The van der Waals surface area contributed by atoms with Crippen LogP contribution in [0, 0.1) is 50.2 Å². The van der Waals surface area contributed by atoms with Gasteiger partial charge in [0.2, 0.25) is 6.29 Å². The van der Waals surface area contributed by atoms with Crippen LogP contribution < -0.4 is 0 Å². The Hall–Kier alpha value is -3.30. The Morgan fingerprint density at radius 3 is 1.61 bits per heavy atom. The number of carbonyl (C=O) groups is 4. The minimum atomic E-state index is -2.12. The number of aliphatic hydroxyl groups is 14. The zero-order valence-corrected chi connectivity index (χ0v) is 53.5. The fraction of sp³-hybridized carbons (Fsp3) is 0.903. The zero-order chi connectivity index (χ0) is 68.5. The van der Waals surface area contributed by atoms with Crippen molar-refractivity contribution < 1.29 is 153 Å². The van der Waals surface area contributed by atoms with Crippen molar-refractivity contribution >= 4 is 23.9 Å². The van der Waals surface area contributed by atoms with E-state index in [0.717, 1.165) is 12.5 Å². The van der Waals surface area contributed by atoms with Gasteiger partial charge >= 0.3 is 23.9 Å². The first-order chi connectivity index (χ1) is 43.4. The predicted molar refractivity (Wildman–Crippen MR) is 306 cm³/mol. The van der Waals surface area contributed by atoms with Crippen molar-refractivity contribution in [2.45, 2.75) is 286 Å².